The summed E-state index contributed by atoms with van der Waals surface area (Å²) in [5, 5.41) is 10.7. The number of carbonyl (C=O) groups excluding carboxylic acids is 2. The number of pyridine rings is 1. The minimum atomic E-state index is -0.601. The van der Waals surface area contributed by atoms with Gasteiger partial charge in [-0.15, -0.1) is 0 Å². The van der Waals surface area contributed by atoms with Crippen LogP contribution < -0.4 is 0 Å². The molecule has 1 saturated heterocycles. The monoisotopic (exact) mass is 627 g/mol. The number of ether oxygens (including phenoxy) is 4. The number of rotatable bonds is 16. The highest BCUT2D eigenvalue weighted by atomic mass is 16.7. The van der Waals surface area contributed by atoms with Gasteiger partial charge in [0.25, 0.3) is 0 Å². The zero-order chi connectivity index (χ0) is 32.6. The molecule has 0 unspecified atom stereocenters. The van der Waals surface area contributed by atoms with E-state index in [0.29, 0.717) is 45.5 Å². The third-order valence-corrected chi connectivity index (χ3v) is 7.78. The summed E-state index contributed by atoms with van der Waals surface area (Å²) in [4.78, 5) is 27.7. The molecule has 2 heterocycles. The van der Waals surface area contributed by atoms with Gasteiger partial charge in [-0.25, -0.2) is 0 Å². The lowest BCUT2D eigenvalue weighted by Crippen LogP contribution is -2.30. The number of allylic oxidation sites excluding steroid dienone is 3. The number of carbonyl (C=O) groups is 2. The van der Waals surface area contributed by atoms with E-state index in [1.54, 1.807) is 25.3 Å². The maximum Gasteiger partial charge on any atom is 0.306 e. The third kappa shape index (κ3) is 10.4. The van der Waals surface area contributed by atoms with Crippen LogP contribution in [-0.2, 0) is 28.5 Å². The Hall–Kier alpha value is -4.27. The Kier molecular flexibility index (Phi) is 14.0. The van der Waals surface area contributed by atoms with Crippen LogP contribution in [0.15, 0.2) is 91.3 Å². The summed E-state index contributed by atoms with van der Waals surface area (Å²) in [6.45, 7) is 4.85. The van der Waals surface area contributed by atoms with Crippen LogP contribution >= 0.6 is 0 Å². The summed E-state index contributed by atoms with van der Waals surface area (Å²) in [6.07, 6.45) is 13.4. The fraction of sp³-hybridized carbons (Fsp3) is 0.395. The number of esters is 2. The van der Waals surface area contributed by atoms with E-state index in [9.17, 15) is 14.7 Å². The molecule has 3 atom stereocenters. The number of benzene rings is 2. The molecule has 8 nitrogen and oxygen atoms in total. The zero-order valence-corrected chi connectivity index (χ0v) is 26.8. The number of phenolic OH excluding ortho intramolecular Hbond substituents is 1. The standard InChI is InChI=1S/C38H45NO7/c1-3-43-35(41)19-9-5-7-14-31-27-45-38(46-37(31)33-17-11-12-18-34(33)40)29-23-21-28(22-24-29)32(30-15-13-25-39-26-30)16-8-6-10-20-36(42)44-4-2/h5,7,11-13,15-18,21-26,31,37-38,40H,3-4,6,8-10,14,19-20,27H2,1-2H3/b7-5-,32-16+/t31-,37+,38+/m1/s1. The highest BCUT2D eigenvalue weighted by Crippen LogP contribution is 2.42. The predicted molar refractivity (Wildman–Crippen MR) is 177 cm³/mol. The van der Waals surface area contributed by atoms with E-state index in [1.165, 1.54) is 0 Å². The van der Waals surface area contributed by atoms with Crippen LogP contribution in [0.2, 0.25) is 0 Å². The highest BCUT2D eigenvalue weighted by Gasteiger charge is 2.34. The van der Waals surface area contributed by atoms with Crippen molar-refractivity contribution in [3.05, 3.63) is 114 Å². The van der Waals surface area contributed by atoms with Crippen LogP contribution in [0.3, 0.4) is 0 Å². The molecule has 244 valence electrons. The number of hydrogen-bond acceptors (Lipinski definition) is 8. The van der Waals surface area contributed by atoms with Crippen LogP contribution in [0.1, 0.15) is 93.4 Å². The summed E-state index contributed by atoms with van der Waals surface area (Å²) in [7, 11) is 0. The summed E-state index contributed by atoms with van der Waals surface area (Å²) in [5.74, 6) is -0.188. The van der Waals surface area contributed by atoms with Crippen molar-refractivity contribution in [2.45, 2.75) is 71.2 Å². The minimum Gasteiger partial charge on any atom is -0.508 e. The van der Waals surface area contributed by atoms with E-state index in [1.807, 2.05) is 61.7 Å². The number of hydrogen-bond donors (Lipinski definition) is 1. The predicted octanol–water partition coefficient (Wildman–Crippen LogP) is 8.03. The number of unbranched alkanes of at least 4 members (excludes halogenated alkanes) is 2. The molecule has 2 aromatic carbocycles. The normalized spacial score (nSPS) is 18.4. The van der Waals surface area contributed by atoms with Crippen molar-refractivity contribution in [3.8, 4) is 5.75 Å². The van der Waals surface area contributed by atoms with Gasteiger partial charge in [-0.1, -0.05) is 66.8 Å². The van der Waals surface area contributed by atoms with E-state index in [0.717, 1.165) is 47.1 Å². The van der Waals surface area contributed by atoms with Crippen molar-refractivity contribution in [2.75, 3.05) is 19.8 Å². The van der Waals surface area contributed by atoms with Gasteiger partial charge >= 0.3 is 11.9 Å². The molecule has 0 spiro atoms. The molecule has 0 amide bonds. The lowest BCUT2D eigenvalue weighted by atomic mass is 9.91. The van der Waals surface area contributed by atoms with Crippen molar-refractivity contribution >= 4 is 17.5 Å². The second-order valence-electron chi connectivity index (χ2n) is 11.1. The molecule has 46 heavy (non-hydrogen) atoms. The van der Waals surface area contributed by atoms with Gasteiger partial charge in [0, 0.05) is 47.8 Å². The highest BCUT2D eigenvalue weighted by molar-refractivity contribution is 5.79. The average Bonchev–Trinajstić information content (AvgIpc) is 3.07. The fourth-order valence-electron chi connectivity index (χ4n) is 5.46. The Labute approximate surface area is 272 Å². The fourth-order valence-corrected chi connectivity index (χ4v) is 5.46. The van der Waals surface area contributed by atoms with Gasteiger partial charge in [0.05, 0.1) is 25.9 Å². The van der Waals surface area contributed by atoms with Crippen molar-refractivity contribution in [2.24, 2.45) is 5.92 Å². The molecule has 3 aromatic rings. The molecule has 4 rings (SSSR count). The molecule has 1 aliphatic rings. The number of para-hydroxylation sites is 1. The first-order chi connectivity index (χ1) is 22.5. The van der Waals surface area contributed by atoms with Crippen LogP contribution in [0, 0.1) is 5.92 Å². The molecule has 0 radical (unpaired) electrons. The number of aromatic hydroxyl groups is 1. The Morgan fingerprint density at radius 1 is 0.891 bits per heavy atom. The summed E-state index contributed by atoms with van der Waals surface area (Å²) < 4.78 is 22.8. The maximum atomic E-state index is 11.7. The first kappa shape index (κ1) is 34.6. The molecule has 1 fully saturated rings. The lowest BCUT2D eigenvalue weighted by molar-refractivity contribution is -0.244. The van der Waals surface area contributed by atoms with Crippen molar-refractivity contribution < 1.29 is 33.6 Å². The number of phenols is 1. The van der Waals surface area contributed by atoms with E-state index in [-0.39, 0.29) is 29.7 Å². The quantitative estimate of drug-likeness (QED) is 0.0967. The SMILES string of the molecule is CCOC(=O)CC/C=C\C[C@@H]1CO[C@H](c2ccc(/C(=C\CCCCC(=O)OCC)c3cccnc3)cc2)O[C@@H]1c1ccccc1O. The topological polar surface area (TPSA) is 104 Å². The van der Waals surface area contributed by atoms with Gasteiger partial charge in [0.15, 0.2) is 6.29 Å². The second kappa shape index (κ2) is 18.6. The van der Waals surface area contributed by atoms with Crippen molar-refractivity contribution in [3.63, 3.8) is 0 Å². The molecular weight excluding hydrogens is 582 g/mol. The lowest BCUT2D eigenvalue weighted by Gasteiger charge is -2.37. The molecular formula is C38H45NO7. The van der Waals surface area contributed by atoms with Crippen molar-refractivity contribution in [1.82, 2.24) is 4.98 Å². The Morgan fingerprint density at radius 3 is 2.37 bits per heavy atom. The Morgan fingerprint density at radius 2 is 1.65 bits per heavy atom. The minimum absolute atomic E-state index is 0.0217. The van der Waals surface area contributed by atoms with Gasteiger partial charge in [0.1, 0.15) is 5.75 Å². The van der Waals surface area contributed by atoms with Gasteiger partial charge in [-0.3, -0.25) is 14.6 Å². The third-order valence-electron chi connectivity index (χ3n) is 7.78. The average molecular weight is 628 g/mol. The number of nitrogens with zero attached hydrogens (tertiary/aromatic N) is 1. The van der Waals surface area contributed by atoms with Crippen molar-refractivity contribution in [1.29, 1.82) is 0 Å². The van der Waals surface area contributed by atoms with Crippen LogP contribution in [0.25, 0.3) is 5.57 Å². The van der Waals surface area contributed by atoms with E-state index in [4.69, 9.17) is 18.9 Å². The summed E-state index contributed by atoms with van der Waals surface area (Å²) >= 11 is 0. The van der Waals surface area contributed by atoms with Gasteiger partial charge in [0.2, 0.25) is 0 Å². The van der Waals surface area contributed by atoms with Crippen LogP contribution in [0.5, 0.6) is 5.75 Å². The van der Waals surface area contributed by atoms with Gasteiger partial charge in [-0.2, -0.15) is 0 Å². The smallest absolute Gasteiger partial charge is 0.306 e. The Bertz CT molecular complexity index is 1430. The summed E-state index contributed by atoms with van der Waals surface area (Å²) in [5.41, 5.74) is 4.74. The summed E-state index contributed by atoms with van der Waals surface area (Å²) in [6, 6.07) is 19.4. The Balaban J connectivity index is 1.45. The van der Waals surface area contributed by atoms with Gasteiger partial charge in [-0.05, 0) is 69.2 Å². The largest absolute Gasteiger partial charge is 0.508 e. The van der Waals surface area contributed by atoms with E-state index < -0.39 is 6.29 Å². The molecule has 0 aliphatic carbocycles. The molecule has 8 heteroatoms. The molecule has 1 aromatic heterocycles. The molecule has 1 N–H and O–H groups in total. The van der Waals surface area contributed by atoms with E-state index in [2.05, 4.69) is 23.2 Å². The molecule has 0 bridgehead atoms. The molecule has 1 aliphatic heterocycles. The first-order valence-corrected chi connectivity index (χ1v) is 16.2. The zero-order valence-electron chi connectivity index (χ0n) is 26.8. The second-order valence-corrected chi connectivity index (χ2v) is 11.1. The first-order valence-electron chi connectivity index (χ1n) is 16.2. The van der Waals surface area contributed by atoms with Gasteiger partial charge < -0.3 is 24.1 Å². The van der Waals surface area contributed by atoms with Crippen LogP contribution in [-0.4, -0.2) is 41.8 Å². The number of aromatic nitrogens is 1. The van der Waals surface area contributed by atoms with Crippen LogP contribution in [0.4, 0.5) is 0 Å². The molecule has 0 saturated carbocycles. The maximum absolute atomic E-state index is 11.7. The van der Waals surface area contributed by atoms with E-state index >= 15 is 0 Å².